The predicted octanol–water partition coefficient (Wildman–Crippen LogP) is 5.01. The third-order valence-corrected chi connectivity index (χ3v) is 6.89. The summed E-state index contributed by atoms with van der Waals surface area (Å²) in [4.78, 5) is 3.99. The molecule has 0 bridgehead atoms. The number of sulfonamides is 1. The van der Waals surface area contributed by atoms with Crippen LogP contribution in [0.1, 0.15) is 55.2 Å². The molecule has 0 radical (unpaired) electrons. The number of primary sulfonamides is 1. The van der Waals surface area contributed by atoms with Gasteiger partial charge in [0.2, 0.25) is 0 Å². The van der Waals surface area contributed by atoms with Crippen LogP contribution in [0.25, 0.3) is 11.1 Å². The smallest absolute Gasteiger partial charge is 0.243 e. The van der Waals surface area contributed by atoms with Crippen molar-refractivity contribution in [2.75, 3.05) is 0 Å². The Bertz CT molecular complexity index is 1050. The summed E-state index contributed by atoms with van der Waals surface area (Å²) >= 11 is 0. The highest BCUT2D eigenvalue weighted by molar-refractivity contribution is 7.89. The van der Waals surface area contributed by atoms with E-state index in [4.69, 9.17) is 5.14 Å². The van der Waals surface area contributed by atoms with Gasteiger partial charge in [0.25, 0.3) is 10.0 Å². The van der Waals surface area contributed by atoms with Crippen LogP contribution in [0.3, 0.4) is 0 Å². The van der Waals surface area contributed by atoms with Crippen LogP contribution in [-0.2, 0) is 16.2 Å². The van der Waals surface area contributed by atoms with Crippen molar-refractivity contribution in [1.82, 2.24) is 4.98 Å². The number of alkyl halides is 3. The molecule has 0 amide bonds. The average molecular weight is 422 g/mol. The Hall–Kier alpha value is -2.19. The summed E-state index contributed by atoms with van der Waals surface area (Å²) in [5.41, 5.74) is 3.07. The first-order chi connectivity index (χ1) is 13.6. The Morgan fingerprint density at radius 1 is 0.897 bits per heavy atom. The number of aromatic nitrogens is 1. The van der Waals surface area contributed by atoms with Crippen LogP contribution in [0.4, 0.5) is 13.2 Å². The van der Waals surface area contributed by atoms with Crippen LogP contribution in [-0.4, -0.2) is 13.4 Å². The van der Waals surface area contributed by atoms with E-state index in [1.165, 1.54) is 24.4 Å². The Morgan fingerprint density at radius 3 is 1.93 bits per heavy atom. The molecule has 1 aromatic heterocycles. The SMILES string of the molecule is NS(=O)(=O)c1ccc(C2=C(c3ccc(C(F)(F)F)cc3)CC3(CCCC3)C2)cn1. The summed E-state index contributed by atoms with van der Waals surface area (Å²) in [5, 5.41) is 4.93. The molecule has 154 valence electrons. The number of pyridine rings is 1. The lowest BCUT2D eigenvalue weighted by Gasteiger charge is -2.23. The zero-order valence-corrected chi connectivity index (χ0v) is 16.5. The van der Waals surface area contributed by atoms with Crippen molar-refractivity contribution in [2.45, 2.75) is 49.7 Å². The molecule has 2 N–H and O–H groups in total. The van der Waals surface area contributed by atoms with Crippen molar-refractivity contribution in [3.05, 3.63) is 59.3 Å². The van der Waals surface area contributed by atoms with Gasteiger partial charge in [0.05, 0.1) is 5.56 Å². The molecule has 0 saturated heterocycles. The van der Waals surface area contributed by atoms with Gasteiger partial charge in [-0.3, -0.25) is 0 Å². The van der Waals surface area contributed by atoms with Gasteiger partial charge >= 0.3 is 6.18 Å². The molecule has 1 fully saturated rings. The van der Waals surface area contributed by atoms with Gasteiger partial charge in [0, 0.05) is 6.20 Å². The lowest BCUT2D eigenvalue weighted by molar-refractivity contribution is -0.137. The van der Waals surface area contributed by atoms with E-state index >= 15 is 0 Å². The summed E-state index contributed by atoms with van der Waals surface area (Å²) < 4.78 is 61.8. The minimum atomic E-state index is -4.37. The van der Waals surface area contributed by atoms with Crippen LogP contribution in [0.2, 0.25) is 0 Å². The van der Waals surface area contributed by atoms with Crippen molar-refractivity contribution in [2.24, 2.45) is 10.6 Å². The maximum atomic E-state index is 12.9. The third kappa shape index (κ3) is 3.96. The minimum Gasteiger partial charge on any atom is -0.243 e. The lowest BCUT2D eigenvalue weighted by Crippen LogP contribution is -2.14. The van der Waals surface area contributed by atoms with E-state index in [0.717, 1.165) is 72.9 Å². The number of allylic oxidation sites excluding steroid dienone is 2. The van der Waals surface area contributed by atoms with Gasteiger partial charge in [0.1, 0.15) is 0 Å². The standard InChI is InChI=1S/C21H21F3N2O2S/c22-21(23,24)16-6-3-14(4-7-16)17-11-20(9-1-2-10-20)12-18(17)15-5-8-19(26-13-15)29(25,27)28/h3-8,13H,1-2,9-12H2,(H2,25,27,28). The lowest BCUT2D eigenvalue weighted by atomic mass is 9.81. The number of nitrogens with zero attached hydrogens (tertiary/aromatic N) is 1. The molecular formula is C21H21F3N2O2S. The minimum absolute atomic E-state index is 0.131. The van der Waals surface area contributed by atoms with Gasteiger partial charge in [-0.1, -0.05) is 31.0 Å². The second-order valence-electron chi connectivity index (χ2n) is 8.02. The number of hydrogen-bond donors (Lipinski definition) is 1. The fourth-order valence-corrected chi connectivity index (χ4v) is 5.10. The monoisotopic (exact) mass is 422 g/mol. The highest BCUT2D eigenvalue weighted by atomic mass is 32.2. The summed E-state index contributed by atoms with van der Waals surface area (Å²) in [6, 6.07) is 8.34. The van der Waals surface area contributed by atoms with Crippen molar-refractivity contribution in [3.8, 4) is 0 Å². The number of rotatable bonds is 3. The van der Waals surface area contributed by atoms with Crippen LogP contribution >= 0.6 is 0 Å². The highest BCUT2D eigenvalue weighted by Crippen LogP contribution is 2.57. The average Bonchev–Trinajstić information content (AvgIpc) is 3.28. The number of halogens is 3. The van der Waals surface area contributed by atoms with Gasteiger partial charge < -0.3 is 0 Å². The Morgan fingerprint density at radius 2 is 1.45 bits per heavy atom. The zero-order valence-electron chi connectivity index (χ0n) is 15.7. The Kier molecular flexibility index (Phi) is 4.82. The normalized spacial score (nSPS) is 19.3. The number of hydrogen-bond acceptors (Lipinski definition) is 3. The Labute approximate surface area is 167 Å². The maximum Gasteiger partial charge on any atom is 0.416 e. The molecule has 0 atom stereocenters. The summed E-state index contributed by atoms with van der Waals surface area (Å²) in [6.45, 7) is 0. The van der Waals surface area contributed by atoms with E-state index < -0.39 is 21.8 Å². The molecule has 1 spiro atoms. The molecule has 29 heavy (non-hydrogen) atoms. The van der Waals surface area contributed by atoms with Crippen LogP contribution in [0.5, 0.6) is 0 Å². The van der Waals surface area contributed by atoms with Crippen molar-refractivity contribution < 1.29 is 21.6 Å². The quantitative estimate of drug-likeness (QED) is 0.755. The Balaban J connectivity index is 1.76. The molecule has 4 nitrogen and oxygen atoms in total. The summed E-state index contributed by atoms with van der Waals surface area (Å²) in [5.74, 6) is 0. The van der Waals surface area contributed by atoms with E-state index in [-0.39, 0.29) is 10.4 Å². The van der Waals surface area contributed by atoms with Crippen LogP contribution < -0.4 is 5.14 Å². The molecule has 2 aliphatic rings. The molecule has 1 saturated carbocycles. The molecule has 8 heteroatoms. The summed E-state index contributed by atoms with van der Waals surface area (Å²) in [6.07, 6.45) is 3.22. The van der Waals surface area contributed by atoms with E-state index in [1.807, 2.05) is 0 Å². The molecule has 1 heterocycles. The fourth-order valence-electron chi connectivity index (χ4n) is 4.64. The number of benzene rings is 1. The van der Waals surface area contributed by atoms with Crippen LogP contribution in [0, 0.1) is 5.41 Å². The second-order valence-corrected chi connectivity index (χ2v) is 9.53. The maximum absolute atomic E-state index is 12.9. The van der Waals surface area contributed by atoms with Gasteiger partial charge in [-0.05, 0) is 71.6 Å². The molecule has 0 aliphatic heterocycles. The zero-order chi connectivity index (χ0) is 20.9. The first-order valence-electron chi connectivity index (χ1n) is 9.46. The molecular weight excluding hydrogens is 401 g/mol. The number of nitrogens with two attached hydrogens (primary N) is 1. The molecule has 4 rings (SSSR count). The van der Waals surface area contributed by atoms with E-state index in [2.05, 4.69) is 4.98 Å². The molecule has 0 unspecified atom stereocenters. The van der Waals surface area contributed by atoms with E-state index in [0.29, 0.717) is 0 Å². The van der Waals surface area contributed by atoms with E-state index in [9.17, 15) is 21.6 Å². The van der Waals surface area contributed by atoms with Crippen LogP contribution in [0.15, 0.2) is 47.6 Å². The van der Waals surface area contributed by atoms with Crippen molar-refractivity contribution in [3.63, 3.8) is 0 Å². The van der Waals surface area contributed by atoms with E-state index in [1.54, 1.807) is 6.07 Å². The second kappa shape index (κ2) is 6.95. The van der Waals surface area contributed by atoms with Gasteiger partial charge in [-0.2, -0.15) is 13.2 Å². The largest absolute Gasteiger partial charge is 0.416 e. The molecule has 1 aromatic carbocycles. The van der Waals surface area contributed by atoms with Gasteiger partial charge in [-0.25, -0.2) is 18.5 Å². The third-order valence-electron chi connectivity index (χ3n) is 6.07. The fraction of sp³-hybridized carbons (Fsp3) is 0.381. The highest BCUT2D eigenvalue weighted by Gasteiger charge is 2.41. The van der Waals surface area contributed by atoms with Gasteiger partial charge in [-0.15, -0.1) is 0 Å². The summed E-state index contributed by atoms with van der Waals surface area (Å²) in [7, 11) is -3.88. The first-order valence-corrected chi connectivity index (χ1v) is 11.0. The molecule has 2 aromatic rings. The predicted molar refractivity (Wildman–Crippen MR) is 104 cm³/mol. The van der Waals surface area contributed by atoms with Crippen molar-refractivity contribution in [1.29, 1.82) is 0 Å². The topological polar surface area (TPSA) is 73.1 Å². The first kappa shape index (κ1) is 20.1. The molecule has 2 aliphatic carbocycles. The van der Waals surface area contributed by atoms with Crippen molar-refractivity contribution >= 4 is 21.2 Å². The van der Waals surface area contributed by atoms with Gasteiger partial charge in [0.15, 0.2) is 5.03 Å².